The normalized spacial score (nSPS) is 10.5. The Morgan fingerprint density at radius 1 is 1.11 bits per heavy atom. The van der Waals surface area contributed by atoms with Gasteiger partial charge in [-0.3, -0.25) is 0 Å². The second-order valence-electron chi connectivity index (χ2n) is 3.91. The molecule has 1 N–H and O–H groups in total. The van der Waals surface area contributed by atoms with Crippen LogP contribution in [-0.2, 0) is 6.54 Å². The summed E-state index contributed by atoms with van der Waals surface area (Å²) < 4.78 is 19.4. The highest BCUT2D eigenvalue weighted by molar-refractivity contribution is 6.32. The summed E-state index contributed by atoms with van der Waals surface area (Å²) in [6.07, 6.45) is 0. The fourth-order valence-electron chi connectivity index (χ4n) is 1.67. The summed E-state index contributed by atoms with van der Waals surface area (Å²) in [6.45, 7) is 0.568. The zero-order valence-corrected chi connectivity index (χ0v) is 11.7. The molecule has 2 aromatic rings. The quantitative estimate of drug-likeness (QED) is 0.888. The second kappa shape index (κ2) is 6.24. The maximum Gasteiger partial charge on any atom is 0.184 e. The van der Waals surface area contributed by atoms with E-state index in [2.05, 4.69) is 5.32 Å². The molecule has 2 rings (SSSR count). The Labute approximate surface area is 121 Å². The number of hydrogen-bond acceptors (Lipinski definition) is 2. The molecule has 0 aliphatic carbocycles. The number of para-hydroxylation sites is 1. The molecule has 0 saturated heterocycles. The average molecular weight is 300 g/mol. The minimum Gasteiger partial charge on any atom is -0.452 e. The number of halogens is 3. The van der Waals surface area contributed by atoms with Crippen LogP contribution < -0.4 is 10.1 Å². The van der Waals surface area contributed by atoms with Gasteiger partial charge in [-0.1, -0.05) is 41.4 Å². The van der Waals surface area contributed by atoms with E-state index in [-0.39, 0.29) is 10.8 Å². The third kappa shape index (κ3) is 3.18. The molecule has 2 aromatic carbocycles. The molecule has 0 bridgehead atoms. The van der Waals surface area contributed by atoms with E-state index in [9.17, 15) is 4.39 Å². The van der Waals surface area contributed by atoms with E-state index in [1.165, 1.54) is 12.1 Å². The van der Waals surface area contributed by atoms with Gasteiger partial charge in [-0.05, 0) is 25.2 Å². The maximum absolute atomic E-state index is 13.8. The lowest BCUT2D eigenvalue weighted by molar-refractivity contribution is 0.437. The van der Waals surface area contributed by atoms with Crippen LogP contribution in [0.25, 0.3) is 0 Å². The van der Waals surface area contributed by atoms with Crippen LogP contribution in [0.5, 0.6) is 11.5 Å². The van der Waals surface area contributed by atoms with Crippen molar-refractivity contribution in [3.63, 3.8) is 0 Å². The van der Waals surface area contributed by atoms with Crippen molar-refractivity contribution < 1.29 is 9.13 Å². The minimum absolute atomic E-state index is 0.0136. The smallest absolute Gasteiger partial charge is 0.184 e. The Morgan fingerprint density at radius 3 is 2.53 bits per heavy atom. The molecule has 0 atom stereocenters. The van der Waals surface area contributed by atoms with Crippen molar-refractivity contribution in [2.45, 2.75) is 6.54 Å². The zero-order valence-electron chi connectivity index (χ0n) is 10.2. The monoisotopic (exact) mass is 299 g/mol. The predicted octanol–water partition coefficient (Wildman–Crippen LogP) is 4.64. The zero-order chi connectivity index (χ0) is 13.8. The standard InChI is InChI=1S/C14H12Cl2FNO/c1-18-8-9-4-2-6-11(16)14(9)19-12-7-3-5-10(15)13(12)17/h2-7,18H,8H2,1H3. The van der Waals surface area contributed by atoms with Crippen molar-refractivity contribution in [3.05, 3.63) is 57.8 Å². The lowest BCUT2D eigenvalue weighted by atomic mass is 10.2. The summed E-state index contributed by atoms with van der Waals surface area (Å²) in [5.41, 5.74) is 0.842. The van der Waals surface area contributed by atoms with Gasteiger partial charge in [-0.15, -0.1) is 0 Å². The molecule has 0 amide bonds. The Bertz CT molecular complexity index is 590. The number of hydrogen-bond donors (Lipinski definition) is 1. The minimum atomic E-state index is -0.598. The largest absolute Gasteiger partial charge is 0.452 e. The van der Waals surface area contributed by atoms with E-state index in [1.807, 2.05) is 19.2 Å². The van der Waals surface area contributed by atoms with Crippen molar-refractivity contribution >= 4 is 23.2 Å². The van der Waals surface area contributed by atoms with Gasteiger partial charge in [0.25, 0.3) is 0 Å². The highest BCUT2D eigenvalue weighted by Crippen LogP contribution is 2.35. The third-order valence-corrected chi connectivity index (χ3v) is 3.13. The summed E-state index contributed by atoms with van der Waals surface area (Å²) in [5, 5.41) is 3.44. The van der Waals surface area contributed by atoms with Crippen molar-refractivity contribution in [3.8, 4) is 11.5 Å². The molecule has 0 fully saturated rings. The summed E-state index contributed by atoms with van der Waals surface area (Å²) in [6, 6.07) is 9.96. The SMILES string of the molecule is CNCc1cccc(Cl)c1Oc1cccc(Cl)c1F. The van der Waals surface area contributed by atoms with Crippen LogP contribution in [0.3, 0.4) is 0 Å². The molecular formula is C14H12Cl2FNO. The first-order chi connectivity index (χ1) is 9.13. The molecule has 0 saturated carbocycles. The van der Waals surface area contributed by atoms with Gasteiger partial charge in [0.15, 0.2) is 17.3 Å². The Kier molecular flexibility index (Phi) is 4.64. The van der Waals surface area contributed by atoms with E-state index in [0.29, 0.717) is 17.3 Å². The Morgan fingerprint density at radius 2 is 1.79 bits per heavy atom. The number of rotatable bonds is 4. The van der Waals surface area contributed by atoms with Crippen LogP contribution in [0.4, 0.5) is 4.39 Å². The fourth-order valence-corrected chi connectivity index (χ4v) is 2.07. The number of benzene rings is 2. The molecule has 0 unspecified atom stereocenters. The van der Waals surface area contributed by atoms with Crippen LogP contribution in [0.15, 0.2) is 36.4 Å². The third-order valence-electron chi connectivity index (χ3n) is 2.54. The van der Waals surface area contributed by atoms with Gasteiger partial charge >= 0.3 is 0 Å². The Hall–Kier alpha value is -1.29. The van der Waals surface area contributed by atoms with Crippen LogP contribution >= 0.6 is 23.2 Å². The van der Waals surface area contributed by atoms with Crippen LogP contribution in [0.2, 0.25) is 10.0 Å². The lowest BCUT2D eigenvalue weighted by Crippen LogP contribution is -2.06. The van der Waals surface area contributed by atoms with E-state index in [0.717, 1.165) is 5.56 Å². The molecule has 0 radical (unpaired) electrons. The van der Waals surface area contributed by atoms with Crippen LogP contribution in [0, 0.1) is 5.82 Å². The van der Waals surface area contributed by atoms with E-state index >= 15 is 0 Å². The summed E-state index contributed by atoms with van der Waals surface area (Å²) in [7, 11) is 1.81. The molecular weight excluding hydrogens is 288 g/mol. The molecule has 19 heavy (non-hydrogen) atoms. The van der Waals surface area contributed by atoms with Gasteiger partial charge < -0.3 is 10.1 Å². The molecule has 0 aromatic heterocycles. The van der Waals surface area contributed by atoms with Gasteiger partial charge in [-0.25, -0.2) is 4.39 Å². The van der Waals surface area contributed by atoms with E-state index < -0.39 is 5.82 Å². The molecule has 2 nitrogen and oxygen atoms in total. The van der Waals surface area contributed by atoms with Crippen molar-refractivity contribution in [2.24, 2.45) is 0 Å². The average Bonchev–Trinajstić information content (AvgIpc) is 2.39. The molecule has 5 heteroatoms. The highest BCUT2D eigenvalue weighted by atomic mass is 35.5. The van der Waals surface area contributed by atoms with Crippen LogP contribution in [0.1, 0.15) is 5.56 Å². The van der Waals surface area contributed by atoms with Gasteiger partial charge in [0.1, 0.15) is 0 Å². The number of nitrogens with one attached hydrogen (secondary N) is 1. The van der Waals surface area contributed by atoms with Crippen molar-refractivity contribution in [1.29, 1.82) is 0 Å². The van der Waals surface area contributed by atoms with Gasteiger partial charge in [-0.2, -0.15) is 0 Å². The van der Waals surface area contributed by atoms with E-state index in [1.54, 1.807) is 12.1 Å². The first kappa shape index (κ1) is 14.1. The summed E-state index contributed by atoms with van der Waals surface area (Å²) >= 11 is 11.8. The second-order valence-corrected chi connectivity index (χ2v) is 4.73. The summed E-state index contributed by atoms with van der Waals surface area (Å²) in [5.74, 6) is -0.114. The highest BCUT2D eigenvalue weighted by Gasteiger charge is 2.13. The Balaban J connectivity index is 2.40. The molecule has 0 heterocycles. The van der Waals surface area contributed by atoms with Gasteiger partial charge in [0.05, 0.1) is 10.0 Å². The predicted molar refractivity (Wildman–Crippen MR) is 75.7 cm³/mol. The van der Waals surface area contributed by atoms with Gasteiger partial charge in [0, 0.05) is 12.1 Å². The summed E-state index contributed by atoms with van der Waals surface area (Å²) in [4.78, 5) is 0. The van der Waals surface area contributed by atoms with Gasteiger partial charge in [0.2, 0.25) is 0 Å². The fraction of sp³-hybridized carbons (Fsp3) is 0.143. The topological polar surface area (TPSA) is 21.3 Å². The lowest BCUT2D eigenvalue weighted by Gasteiger charge is -2.13. The maximum atomic E-state index is 13.8. The molecule has 100 valence electrons. The molecule has 0 aliphatic rings. The number of ether oxygens (including phenoxy) is 1. The van der Waals surface area contributed by atoms with Crippen LogP contribution in [-0.4, -0.2) is 7.05 Å². The molecule has 0 spiro atoms. The van der Waals surface area contributed by atoms with Crippen molar-refractivity contribution in [1.82, 2.24) is 5.32 Å². The first-order valence-electron chi connectivity index (χ1n) is 5.67. The molecule has 0 aliphatic heterocycles. The first-order valence-corrected chi connectivity index (χ1v) is 6.43. The van der Waals surface area contributed by atoms with Crippen molar-refractivity contribution in [2.75, 3.05) is 7.05 Å². The van der Waals surface area contributed by atoms with E-state index in [4.69, 9.17) is 27.9 Å².